The monoisotopic (exact) mass is 262 g/mol. The molecule has 0 aliphatic carbocycles. The molecule has 1 unspecified atom stereocenters. The Bertz CT molecular complexity index is 247. The predicted molar refractivity (Wildman–Crippen MR) is 70.4 cm³/mol. The van der Waals surface area contributed by atoms with E-state index >= 15 is 0 Å². The van der Waals surface area contributed by atoms with E-state index in [0.717, 1.165) is 5.75 Å². The molecule has 0 aliphatic heterocycles. The summed E-state index contributed by atoms with van der Waals surface area (Å²) in [7, 11) is 0. The number of urea groups is 1. The van der Waals surface area contributed by atoms with Gasteiger partial charge in [-0.1, -0.05) is 13.8 Å². The number of carboxylic acid groups (broad SMARTS) is 1. The third-order valence-corrected chi connectivity index (χ3v) is 2.82. The molecular formula is C11H22N2O3S. The molecule has 100 valence electrons. The number of aliphatic carboxylic acids is 1. The Morgan fingerprint density at radius 1 is 1.29 bits per heavy atom. The number of carboxylic acids is 1. The first-order valence-corrected chi connectivity index (χ1v) is 7.10. The van der Waals surface area contributed by atoms with Crippen molar-refractivity contribution >= 4 is 23.8 Å². The van der Waals surface area contributed by atoms with Crippen LogP contribution in [-0.4, -0.2) is 42.2 Å². The van der Waals surface area contributed by atoms with Crippen molar-refractivity contribution in [3.8, 4) is 0 Å². The third-order valence-electron chi connectivity index (χ3n) is 2.21. The summed E-state index contributed by atoms with van der Waals surface area (Å²) in [5, 5.41) is 14.2. The van der Waals surface area contributed by atoms with Crippen LogP contribution in [0.4, 0.5) is 4.79 Å². The molecule has 17 heavy (non-hydrogen) atoms. The highest BCUT2D eigenvalue weighted by Crippen LogP contribution is 2.10. The number of hydrogen-bond acceptors (Lipinski definition) is 3. The Hall–Kier alpha value is -0.910. The molecule has 0 fully saturated rings. The summed E-state index contributed by atoms with van der Waals surface area (Å²) in [6, 6.07) is -0.297. The summed E-state index contributed by atoms with van der Waals surface area (Å²) in [5.41, 5.74) is 0. The second kappa shape index (κ2) is 9.15. The van der Waals surface area contributed by atoms with Crippen LogP contribution in [0.5, 0.6) is 0 Å². The molecule has 3 N–H and O–H groups in total. The summed E-state index contributed by atoms with van der Waals surface area (Å²) >= 11 is 1.64. The minimum Gasteiger partial charge on any atom is -0.481 e. The van der Waals surface area contributed by atoms with Crippen molar-refractivity contribution in [1.29, 1.82) is 0 Å². The molecule has 0 saturated heterocycles. The largest absolute Gasteiger partial charge is 0.481 e. The molecular weight excluding hydrogens is 240 g/mol. The number of carbonyl (C=O) groups is 2. The van der Waals surface area contributed by atoms with Crippen LogP contribution in [0.1, 0.15) is 20.3 Å². The smallest absolute Gasteiger partial charge is 0.314 e. The first-order valence-electron chi connectivity index (χ1n) is 5.70. The van der Waals surface area contributed by atoms with Gasteiger partial charge >= 0.3 is 12.0 Å². The van der Waals surface area contributed by atoms with Crippen molar-refractivity contribution in [3.05, 3.63) is 0 Å². The van der Waals surface area contributed by atoms with Gasteiger partial charge in [0.2, 0.25) is 0 Å². The average Bonchev–Trinajstić information content (AvgIpc) is 2.23. The van der Waals surface area contributed by atoms with Crippen LogP contribution < -0.4 is 10.6 Å². The van der Waals surface area contributed by atoms with Crippen LogP contribution in [-0.2, 0) is 4.79 Å². The van der Waals surface area contributed by atoms with Gasteiger partial charge in [0.1, 0.15) is 0 Å². The highest BCUT2D eigenvalue weighted by Gasteiger charge is 2.19. The van der Waals surface area contributed by atoms with E-state index in [0.29, 0.717) is 18.9 Å². The normalized spacial score (nSPS) is 12.2. The second-order valence-corrected chi connectivity index (χ2v) is 5.28. The van der Waals surface area contributed by atoms with Crippen molar-refractivity contribution in [2.24, 2.45) is 11.8 Å². The first-order chi connectivity index (χ1) is 7.97. The Balaban J connectivity index is 3.87. The zero-order valence-electron chi connectivity index (χ0n) is 10.7. The van der Waals surface area contributed by atoms with Gasteiger partial charge in [0, 0.05) is 18.8 Å². The number of nitrogens with one attached hydrogen (secondary N) is 2. The number of hydrogen-bond donors (Lipinski definition) is 3. The molecule has 0 radical (unpaired) electrons. The van der Waals surface area contributed by atoms with Gasteiger partial charge in [0.25, 0.3) is 0 Å². The maximum atomic E-state index is 11.3. The van der Waals surface area contributed by atoms with Gasteiger partial charge in [-0.15, -0.1) is 0 Å². The van der Waals surface area contributed by atoms with E-state index in [2.05, 4.69) is 10.6 Å². The topological polar surface area (TPSA) is 78.4 Å². The van der Waals surface area contributed by atoms with E-state index in [-0.39, 0.29) is 12.6 Å². The molecule has 5 nitrogen and oxygen atoms in total. The van der Waals surface area contributed by atoms with Gasteiger partial charge in [-0.2, -0.15) is 11.8 Å². The van der Waals surface area contributed by atoms with Crippen molar-refractivity contribution in [1.82, 2.24) is 10.6 Å². The molecule has 0 aromatic carbocycles. The fourth-order valence-electron chi connectivity index (χ4n) is 1.39. The molecule has 0 spiro atoms. The van der Waals surface area contributed by atoms with Gasteiger partial charge < -0.3 is 15.7 Å². The van der Waals surface area contributed by atoms with Crippen molar-refractivity contribution in [2.45, 2.75) is 20.3 Å². The lowest BCUT2D eigenvalue weighted by molar-refractivity contribution is -0.142. The van der Waals surface area contributed by atoms with E-state index in [9.17, 15) is 9.59 Å². The van der Waals surface area contributed by atoms with Gasteiger partial charge in [0.05, 0.1) is 5.92 Å². The third kappa shape index (κ3) is 8.85. The van der Waals surface area contributed by atoms with Crippen LogP contribution in [0.2, 0.25) is 0 Å². The van der Waals surface area contributed by atoms with E-state index in [1.807, 2.05) is 20.1 Å². The molecule has 0 aromatic rings. The molecule has 0 bridgehead atoms. The maximum Gasteiger partial charge on any atom is 0.314 e. The van der Waals surface area contributed by atoms with Crippen molar-refractivity contribution in [2.75, 3.05) is 25.1 Å². The van der Waals surface area contributed by atoms with Crippen LogP contribution in [0.25, 0.3) is 0 Å². The maximum absolute atomic E-state index is 11.3. The van der Waals surface area contributed by atoms with Crippen LogP contribution in [0.3, 0.4) is 0 Å². The zero-order valence-corrected chi connectivity index (χ0v) is 11.5. The number of amides is 2. The molecule has 2 amide bonds. The standard InChI is InChI=1S/C11H22N2O3S/c1-8(2)6-9(10(14)15)7-13-11(16)12-4-5-17-3/h8-9H,4-7H2,1-3H3,(H,14,15)(H2,12,13,16). The lowest BCUT2D eigenvalue weighted by Gasteiger charge is -2.15. The molecule has 0 heterocycles. The molecule has 0 aliphatic rings. The molecule has 6 heteroatoms. The van der Waals surface area contributed by atoms with Crippen molar-refractivity contribution < 1.29 is 14.7 Å². The summed E-state index contributed by atoms with van der Waals surface area (Å²) in [6.45, 7) is 4.70. The van der Waals surface area contributed by atoms with Crippen molar-refractivity contribution in [3.63, 3.8) is 0 Å². The Morgan fingerprint density at radius 2 is 1.94 bits per heavy atom. The summed E-state index contributed by atoms with van der Waals surface area (Å²) in [6.07, 6.45) is 2.53. The van der Waals surface area contributed by atoms with E-state index in [4.69, 9.17) is 5.11 Å². The van der Waals surface area contributed by atoms with E-state index in [1.165, 1.54) is 0 Å². The summed E-state index contributed by atoms with van der Waals surface area (Å²) in [4.78, 5) is 22.2. The van der Waals surface area contributed by atoms with Gasteiger partial charge in [-0.05, 0) is 18.6 Å². The van der Waals surface area contributed by atoms with Gasteiger partial charge in [0.15, 0.2) is 0 Å². The van der Waals surface area contributed by atoms with Crippen LogP contribution in [0, 0.1) is 11.8 Å². The molecule has 0 rings (SSSR count). The van der Waals surface area contributed by atoms with Gasteiger partial charge in [-0.3, -0.25) is 4.79 Å². The average molecular weight is 262 g/mol. The van der Waals surface area contributed by atoms with Crippen LogP contribution >= 0.6 is 11.8 Å². The Kier molecular flexibility index (Phi) is 8.66. The summed E-state index contributed by atoms with van der Waals surface area (Å²) < 4.78 is 0. The quantitative estimate of drug-likeness (QED) is 0.578. The fourth-order valence-corrected chi connectivity index (χ4v) is 1.69. The van der Waals surface area contributed by atoms with Gasteiger partial charge in [-0.25, -0.2) is 4.79 Å². The number of rotatable bonds is 8. The molecule has 0 saturated carbocycles. The first kappa shape index (κ1) is 16.1. The Morgan fingerprint density at radius 3 is 2.41 bits per heavy atom. The van der Waals surface area contributed by atoms with E-state index in [1.54, 1.807) is 11.8 Å². The lowest BCUT2D eigenvalue weighted by Crippen LogP contribution is -2.41. The fraction of sp³-hybridized carbons (Fsp3) is 0.818. The predicted octanol–water partition coefficient (Wildman–Crippen LogP) is 1.40. The minimum absolute atomic E-state index is 0.179. The summed E-state index contributed by atoms with van der Waals surface area (Å²) in [5.74, 6) is -0.219. The van der Waals surface area contributed by atoms with Crippen LogP contribution in [0.15, 0.2) is 0 Å². The second-order valence-electron chi connectivity index (χ2n) is 4.29. The minimum atomic E-state index is -0.858. The van der Waals surface area contributed by atoms with E-state index < -0.39 is 11.9 Å². The number of carbonyl (C=O) groups excluding carboxylic acids is 1. The highest BCUT2D eigenvalue weighted by molar-refractivity contribution is 7.98. The molecule has 0 aromatic heterocycles. The lowest BCUT2D eigenvalue weighted by atomic mass is 9.97. The SMILES string of the molecule is CSCCNC(=O)NCC(CC(C)C)C(=O)O. The highest BCUT2D eigenvalue weighted by atomic mass is 32.2. The molecule has 1 atom stereocenters. The number of thioether (sulfide) groups is 1. The Labute approximate surface area is 107 Å². The zero-order chi connectivity index (χ0) is 13.3.